The molecule has 0 aliphatic rings. The van der Waals surface area contributed by atoms with Crippen molar-refractivity contribution >= 4 is 21.8 Å². The number of benzene rings is 3. The second-order valence-electron chi connectivity index (χ2n) is 10.3. The van der Waals surface area contributed by atoms with Crippen molar-refractivity contribution in [1.29, 1.82) is 0 Å². The van der Waals surface area contributed by atoms with Crippen molar-refractivity contribution in [3.05, 3.63) is 76.6 Å². The summed E-state index contributed by atoms with van der Waals surface area (Å²) in [5.41, 5.74) is 8.10. The van der Waals surface area contributed by atoms with Crippen LogP contribution < -0.4 is 0 Å². The smallest absolute Gasteiger partial charge is 0.107 e. The van der Waals surface area contributed by atoms with E-state index in [1.54, 1.807) is 0 Å². The first-order valence-corrected chi connectivity index (χ1v) is 14.2. The largest absolute Gasteiger partial charge is 0.342 e. The minimum absolute atomic E-state index is 1.02. The minimum Gasteiger partial charge on any atom is -0.342 e. The Labute approximate surface area is 212 Å². The van der Waals surface area contributed by atoms with Crippen molar-refractivity contribution in [2.45, 2.75) is 104 Å². The Morgan fingerprint density at radius 2 is 1.26 bits per heavy atom. The number of unbranched alkanes of at least 4 members (excludes halogenated alkanes) is 6. The maximum Gasteiger partial charge on any atom is 0.107 e. The molecule has 0 saturated carbocycles. The van der Waals surface area contributed by atoms with Gasteiger partial charge in [0.05, 0.1) is 11.0 Å². The Balaban J connectivity index is 1.29. The van der Waals surface area contributed by atoms with Gasteiger partial charge in [0, 0.05) is 6.42 Å². The highest BCUT2D eigenvalue weighted by Gasteiger charge is 2.09. The van der Waals surface area contributed by atoms with Crippen LogP contribution in [0.25, 0.3) is 21.8 Å². The maximum atomic E-state index is 4.94. The van der Waals surface area contributed by atoms with E-state index in [-0.39, 0.29) is 0 Å². The number of nitrogens with one attached hydrogen (secondary N) is 1. The molecule has 4 aromatic rings. The summed E-state index contributed by atoms with van der Waals surface area (Å²) in [4.78, 5) is 8.54. The summed E-state index contributed by atoms with van der Waals surface area (Å²) in [6, 6.07) is 18.7. The van der Waals surface area contributed by atoms with Gasteiger partial charge in [0.15, 0.2) is 0 Å². The minimum atomic E-state index is 1.02. The van der Waals surface area contributed by atoms with Gasteiger partial charge in [0.25, 0.3) is 0 Å². The van der Waals surface area contributed by atoms with Crippen LogP contribution in [-0.2, 0) is 32.1 Å². The van der Waals surface area contributed by atoms with Gasteiger partial charge in [-0.3, -0.25) is 0 Å². The summed E-state index contributed by atoms with van der Waals surface area (Å²) < 4.78 is 0. The zero-order valence-corrected chi connectivity index (χ0v) is 22.3. The Hall–Kier alpha value is -2.61. The predicted molar refractivity (Wildman–Crippen MR) is 153 cm³/mol. The van der Waals surface area contributed by atoms with E-state index in [4.69, 9.17) is 4.98 Å². The van der Waals surface area contributed by atoms with Crippen LogP contribution in [0.15, 0.2) is 48.5 Å². The predicted octanol–water partition coefficient (Wildman–Crippen LogP) is 9.31. The lowest BCUT2D eigenvalue weighted by molar-refractivity contribution is 0.607. The summed E-state index contributed by atoms with van der Waals surface area (Å²) in [6.07, 6.45) is 16.0. The van der Waals surface area contributed by atoms with Crippen LogP contribution in [0.3, 0.4) is 0 Å². The first-order chi connectivity index (χ1) is 17.2. The number of aryl methyl sites for hydroxylation is 5. The van der Waals surface area contributed by atoms with Crippen molar-refractivity contribution in [3.63, 3.8) is 0 Å². The molecule has 2 nitrogen and oxygen atoms in total. The van der Waals surface area contributed by atoms with Crippen LogP contribution in [0.5, 0.6) is 0 Å². The van der Waals surface area contributed by atoms with Crippen molar-refractivity contribution < 1.29 is 0 Å². The van der Waals surface area contributed by atoms with Crippen LogP contribution in [0.1, 0.15) is 100 Å². The van der Waals surface area contributed by atoms with Gasteiger partial charge in [0.2, 0.25) is 0 Å². The van der Waals surface area contributed by atoms with Gasteiger partial charge in [0.1, 0.15) is 5.82 Å². The van der Waals surface area contributed by atoms with Gasteiger partial charge in [-0.2, -0.15) is 0 Å². The molecule has 0 amide bonds. The number of hydrogen-bond donors (Lipinski definition) is 1. The molecule has 0 radical (unpaired) electrons. The number of rotatable bonds is 14. The Morgan fingerprint density at radius 3 is 1.94 bits per heavy atom. The highest BCUT2D eigenvalue weighted by molar-refractivity contribution is 5.84. The second kappa shape index (κ2) is 12.9. The monoisotopic (exact) mass is 468 g/mol. The average molecular weight is 469 g/mol. The molecule has 0 bridgehead atoms. The van der Waals surface area contributed by atoms with Gasteiger partial charge >= 0.3 is 0 Å². The summed E-state index contributed by atoms with van der Waals surface area (Å²) in [5.74, 6) is 1.14. The number of H-pyrrole nitrogens is 1. The molecule has 3 aromatic carbocycles. The lowest BCUT2D eigenvalue weighted by Crippen LogP contribution is -1.92. The number of imidazole rings is 1. The van der Waals surface area contributed by atoms with Crippen LogP contribution in [0.4, 0.5) is 0 Å². The van der Waals surface area contributed by atoms with E-state index in [2.05, 4.69) is 74.3 Å². The molecule has 0 saturated heterocycles. The van der Waals surface area contributed by atoms with E-state index < -0.39 is 0 Å². The summed E-state index contributed by atoms with van der Waals surface area (Å²) >= 11 is 0. The van der Waals surface area contributed by atoms with E-state index in [1.165, 1.54) is 95.4 Å². The number of aromatic nitrogens is 2. The fourth-order valence-electron chi connectivity index (χ4n) is 5.29. The molecule has 0 aliphatic carbocycles. The fraction of sp³-hybridized carbons (Fsp3) is 0.485. The first-order valence-electron chi connectivity index (χ1n) is 14.2. The molecule has 1 heterocycles. The van der Waals surface area contributed by atoms with E-state index in [1.807, 2.05) is 0 Å². The van der Waals surface area contributed by atoms with Crippen molar-refractivity contribution in [3.8, 4) is 0 Å². The Bertz CT molecular complexity index is 1220. The molecule has 1 aromatic heterocycles. The van der Waals surface area contributed by atoms with Crippen LogP contribution >= 0.6 is 0 Å². The molecular formula is C33H44N2. The first kappa shape index (κ1) is 25.5. The van der Waals surface area contributed by atoms with Crippen LogP contribution in [0, 0.1) is 0 Å². The highest BCUT2D eigenvalue weighted by atomic mass is 14.9. The molecule has 35 heavy (non-hydrogen) atoms. The summed E-state index contributed by atoms with van der Waals surface area (Å²) in [6.45, 7) is 6.73. The Kier molecular flexibility index (Phi) is 9.40. The second-order valence-corrected chi connectivity index (χ2v) is 10.3. The number of nitrogens with zero attached hydrogens (tertiary/aromatic N) is 1. The van der Waals surface area contributed by atoms with E-state index in [0.29, 0.717) is 0 Å². The lowest BCUT2D eigenvalue weighted by Gasteiger charge is -2.07. The van der Waals surface area contributed by atoms with E-state index in [0.717, 1.165) is 37.9 Å². The molecular weight excluding hydrogens is 424 g/mol. The Morgan fingerprint density at radius 1 is 0.600 bits per heavy atom. The average Bonchev–Trinajstić information content (AvgIpc) is 3.30. The van der Waals surface area contributed by atoms with Gasteiger partial charge in [-0.05, 0) is 84.0 Å². The third kappa shape index (κ3) is 6.97. The van der Waals surface area contributed by atoms with Gasteiger partial charge < -0.3 is 4.98 Å². The summed E-state index contributed by atoms with van der Waals surface area (Å²) in [5, 5.41) is 2.77. The van der Waals surface area contributed by atoms with E-state index in [9.17, 15) is 0 Å². The normalized spacial score (nSPS) is 11.6. The number of fused-ring (bicyclic) bond motifs is 2. The third-order valence-corrected chi connectivity index (χ3v) is 7.48. The maximum absolute atomic E-state index is 4.94. The highest BCUT2D eigenvalue weighted by Crippen LogP contribution is 2.23. The molecule has 186 valence electrons. The topological polar surface area (TPSA) is 28.7 Å². The molecule has 0 spiro atoms. The molecule has 4 rings (SSSR count). The molecule has 0 atom stereocenters. The standard InChI is InChI=1S/C33H44N2/c1-4-7-8-9-10-11-14-26-17-19-29-20-18-27(23-30(29)22-26)15-12-13-16-32-34-31-24-25(5-2)21-28(6-3)33(31)35-32/h17-24H,4-16H2,1-3H3,(H,34,35). The molecule has 1 N–H and O–H groups in total. The number of hydrogen-bond acceptors (Lipinski definition) is 1. The third-order valence-electron chi connectivity index (χ3n) is 7.48. The van der Waals surface area contributed by atoms with Gasteiger partial charge in [-0.1, -0.05) is 95.3 Å². The van der Waals surface area contributed by atoms with Gasteiger partial charge in [-0.15, -0.1) is 0 Å². The molecule has 0 aliphatic heterocycles. The molecule has 0 unspecified atom stereocenters. The van der Waals surface area contributed by atoms with Crippen molar-refractivity contribution in [2.24, 2.45) is 0 Å². The molecule has 0 fully saturated rings. The lowest BCUT2D eigenvalue weighted by atomic mass is 9.98. The zero-order valence-electron chi connectivity index (χ0n) is 22.3. The van der Waals surface area contributed by atoms with E-state index >= 15 is 0 Å². The van der Waals surface area contributed by atoms with Crippen molar-refractivity contribution in [1.82, 2.24) is 9.97 Å². The van der Waals surface area contributed by atoms with Crippen LogP contribution in [0.2, 0.25) is 0 Å². The molecule has 2 heteroatoms. The summed E-state index contributed by atoms with van der Waals surface area (Å²) in [7, 11) is 0. The quantitative estimate of drug-likeness (QED) is 0.183. The SMILES string of the molecule is CCCCCCCCc1ccc2ccc(CCCCc3nc4c(CC)cc(CC)cc4[nH]3)cc2c1. The van der Waals surface area contributed by atoms with Crippen molar-refractivity contribution in [2.75, 3.05) is 0 Å². The number of aromatic amines is 1. The fourth-order valence-corrected chi connectivity index (χ4v) is 5.29. The zero-order chi connectivity index (χ0) is 24.5. The van der Waals surface area contributed by atoms with Gasteiger partial charge in [-0.25, -0.2) is 4.98 Å². The van der Waals surface area contributed by atoms with Crippen LogP contribution in [-0.4, -0.2) is 9.97 Å².